The molecule has 1 rings (SSSR count). The zero-order valence-corrected chi connectivity index (χ0v) is 9.68. The first-order chi connectivity index (χ1) is 7.05. The number of rotatable bonds is 4. The molecule has 1 amide bonds. The van der Waals surface area contributed by atoms with E-state index in [1.807, 2.05) is 6.92 Å². The monoisotopic (exact) mass is 214 g/mol. The van der Waals surface area contributed by atoms with Crippen LogP contribution in [0.15, 0.2) is 0 Å². The molecule has 0 aromatic carbocycles. The fraction of sp³-hybridized carbons (Fsp3) is 0.909. The summed E-state index contributed by atoms with van der Waals surface area (Å²) in [5, 5.41) is 15.8. The van der Waals surface area contributed by atoms with Crippen LogP contribution in [0.2, 0.25) is 0 Å². The summed E-state index contributed by atoms with van der Waals surface area (Å²) in [5.41, 5.74) is -0.780. The van der Waals surface area contributed by atoms with E-state index in [1.54, 1.807) is 6.92 Å². The van der Waals surface area contributed by atoms with Gasteiger partial charge in [-0.2, -0.15) is 0 Å². The van der Waals surface area contributed by atoms with E-state index in [0.717, 1.165) is 25.9 Å². The summed E-state index contributed by atoms with van der Waals surface area (Å²) in [7, 11) is 0. The number of amides is 1. The first-order valence-electron chi connectivity index (χ1n) is 5.76. The first-order valence-corrected chi connectivity index (χ1v) is 5.76. The quantitative estimate of drug-likeness (QED) is 0.629. The average Bonchev–Trinajstić information content (AvgIpc) is 2.27. The second-order valence-corrected chi connectivity index (χ2v) is 4.61. The number of piperidine rings is 1. The predicted molar refractivity (Wildman–Crippen MR) is 59.5 cm³/mol. The van der Waals surface area contributed by atoms with Crippen molar-refractivity contribution in [2.45, 2.75) is 38.7 Å². The molecule has 4 nitrogen and oxygen atoms in total. The van der Waals surface area contributed by atoms with Gasteiger partial charge in [-0.1, -0.05) is 6.92 Å². The maximum Gasteiger partial charge on any atom is 0.224 e. The van der Waals surface area contributed by atoms with Crippen LogP contribution in [0.4, 0.5) is 0 Å². The molecule has 1 heterocycles. The predicted octanol–water partition coefficient (Wildman–Crippen LogP) is 0.263. The third-order valence-electron chi connectivity index (χ3n) is 3.07. The highest BCUT2D eigenvalue weighted by Gasteiger charge is 2.23. The van der Waals surface area contributed by atoms with Crippen molar-refractivity contribution >= 4 is 5.91 Å². The molecule has 1 aliphatic heterocycles. The lowest BCUT2D eigenvalue weighted by molar-refractivity contribution is -0.126. The average molecular weight is 214 g/mol. The van der Waals surface area contributed by atoms with E-state index in [2.05, 4.69) is 10.6 Å². The Morgan fingerprint density at radius 3 is 2.93 bits per heavy atom. The topological polar surface area (TPSA) is 61.4 Å². The zero-order chi connectivity index (χ0) is 11.3. The second-order valence-electron chi connectivity index (χ2n) is 4.61. The molecule has 88 valence electrons. The number of hydrogen-bond donors (Lipinski definition) is 3. The minimum atomic E-state index is -0.780. The Morgan fingerprint density at radius 1 is 1.67 bits per heavy atom. The lowest BCUT2D eigenvalue weighted by Gasteiger charge is -2.25. The summed E-state index contributed by atoms with van der Waals surface area (Å²) in [6.45, 7) is 5.77. The molecule has 0 radical (unpaired) electrons. The number of carbonyl (C=O) groups excluding carboxylic acids is 1. The molecule has 1 fully saturated rings. The standard InChI is InChI=1S/C11H22N2O2/c1-3-11(2,15)8-13-10(14)9-5-4-6-12-7-9/h9,12,15H,3-8H2,1-2H3,(H,13,14)/t9-,11?/m1/s1. The highest BCUT2D eigenvalue weighted by Crippen LogP contribution is 2.11. The van der Waals surface area contributed by atoms with E-state index >= 15 is 0 Å². The van der Waals surface area contributed by atoms with Crippen molar-refractivity contribution in [1.82, 2.24) is 10.6 Å². The van der Waals surface area contributed by atoms with Crippen LogP contribution in [0.5, 0.6) is 0 Å². The molecule has 0 bridgehead atoms. The summed E-state index contributed by atoms with van der Waals surface area (Å²) in [4.78, 5) is 11.7. The molecule has 4 heteroatoms. The van der Waals surface area contributed by atoms with Gasteiger partial charge in [-0.25, -0.2) is 0 Å². The molecule has 1 unspecified atom stereocenters. The van der Waals surface area contributed by atoms with E-state index in [1.165, 1.54) is 0 Å². The molecule has 1 aliphatic rings. The Morgan fingerprint density at radius 2 is 2.40 bits per heavy atom. The van der Waals surface area contributed by atoms with E-state index in [9.17, 15) is 9.90 Å². The minimum Gasteiger partial charge on any atom is -0.388 e. The summed E-state index contributed by atoms with van der Waals surface area (Å²) >= 11 is 0. The maximum absolute atomic E-state index is 11.7. The highest BCUT2D eigenvalue weighted by atomic mass is 16.3. The number of nitrogens with one attached hydrogen (secondary N) is 2. The summed E-state index contributed by atoms with van der Waals surface area (Å²) in [6.07, 6.45) is 2.66. The van der Waals surface area contributed by atoms with Crippen molar-refractivity contribution < 1.29 is 9.90 Å². The van der Waals surface area contributed by atoms with E-state index in [0.29, 0.717) is 13.0 Å². The van der Waals surface area contributed by atoms with E-state index in [4.69, 9.17) is 0 Å². The van der Waals surface area contributed by atoms with Gasteiger partial charge in [-0.05, 0) is 32.7 Å². The van der Waals surface area contributed by atoms with Crippen molar-refractivity contribution in [1.29, 1.82) is 0 Å². The normalized spacial score (nSPS) is 25.7. The number of aliphatic hydroxyl groups is 1. The molecule has 1 saturated heterocycles. The largest absolute Gasteiger partial charge is 0.388 e. The Bertz CT molecular complexity index is 211. The Hall–Kier alpha value is -0.610. The molecule has 2 atom stereocenters. The molecular weight excluding hydrogens is 192 g/mol. The van der Waals surface area contributed by atoms with Gasteiger partial charge < -0.3 is 15.7 Å². The number of hydrogen-bond acceptors (Lipinski definition) is 3. The van der Waals surface area contributed by atoms with Gasteiger partial charge >= 0.3 is 0 Å². The fourth-order valence-corrected chi connectivity index (χ4v) is 1.62. The zero-order valence-electron chi connectivity index (χ0n) is 9.68. The molecule has 0 aromatic heterocycles. The van der Waals surface area contributed by atoms with Crippen LogP contribution >= 0.6 is 0 Å². The summed E-state index contributed by atoms with van der Waals surface area (Å²) in [5.74, 6) is 0.141. The first kappa shape index (κ1) is 12.5. The lowest BCUT2D eigenvalue weighted by Crippen LogP contribution is -2.45. The van der Waals surface area contributed by atoms with Crippen LogP contribution in [-0.2, 0) is 4.79 Å². The Labute approximate surface area is 91.4 Å². The molecule has 0 saturated carbocycles. The molecule has 0 aliphatic carbocycles. The maximum atomic E-state index is 11.7. The highest BCUT2D eigenvalue weighted by molar-refractivity contribution is 5.79. The van der Waals surface area contributed by atoms with E-state index < -0.39 is 5.60 Å². The Balaban J connectivity index is 2.28. The number of carbonyl (C=O) groups is 1. The third-order valence-corrected chi connectivity index (χ3v) is 3.07. The molecule has 15 heavy (non-hydrogen) atoms. The molecule has 0 aromatic rings. The second kappa shape index (κ2) is 5.47. The minimum absolute atomic E-state index is 0.0657. The van der Waals surface area contributed by atoms with Crippen molar-refractivity contribution in [3.63, 3.8) is 0 Å². The molecule has 3 N–H and O–H groups in total. The fourth-order valence-electron chi connectivity index (χ4n) is 1.62. The van der Waals surface area contributed by atoms with Gasteiger partial charge in [0.2, 0.25) is 5.91 Å². The molecular formula is C11H22N2O2. The van der Waals surface area contributed by atoms with Gasteiger partial charge in [0.25, 0.3) is 0 Å². The van der Waals surface area contributed by atoms with Gasteiger partial charge in [-0.15, -0.1) is 0 Å². The van der Waals surface area contributed by atoms with Crippen molar-refractivity contribution in [3.8, 4) is 0 Å². The van der Waals surface area contributed by atoms with Gasteiger partial charge in [0, 0.05) is 13.1 Å². The van der Waals surface area contributed by atoms with Crippen LogP contribution in [-0.4, -0.2) is 36.2 Å². The van der Waals surface area contributed by atoms with Crippen LogP contribution in [0.3, 0.4) is 0 Å². The van der Waals surface area contributed by atoms with Crippen molar-refractivity contribution in [2.24, 2.45) is 5.92 Å². The third kappa shape index (κ3) is 4.18. The summed E-state index contributed by atoms with van der Waals surface area (Å²) < 4.78 is 0. The van der Waals surface area contributed by atoms with Gasteiger partial charge in [0.1, 0.15) is 0 Å². The van der Waals surface area contributed by atoms with Crippen LogP contribution in [0.1, 0.15) is 33.1 Å². The van der Waals surface area contributed by atoms with Crippen LogP contribution < -0.4 is 10.6 Å². The SMILES string of the molecule is CCC(C)(O)CNC(=O)[C@@H]1CCCNC1. The lowest BCUT2D eigenvalue weighted by atomic mass is 9.98. The van der Waals surface area contributed by atoms with Crippen molar-refractivity contribution in [3.05, 3.63) is 0 Å². The summed E-state index contributed by atoms with van der Waals surface area (Å²) in [6, 6.07) is 0. The van der Waals surface area contributed by atoms with Gasteiger partial charge in [0.05, 0.1) is 11.5 Å². The van der Waals surface area contributed by atoms with Crippen LogP contribution in [0.25, 0.3) is 0 Å². The molecule has 0 spiro atoms. The van der Waals surface area contributed by atoms with Gasteiger partial charge in [-0.3, -0.25) is 4.79 Å². The Kier molecular flexibility index (Phi) is 4.54. The van der Waals surface area contributed by atoms with Crippen LogP contribution in [0, 0.1) is 5.92 Å². The van der Waals surface area contributed by atoms with Crippen molar-refractivity contribution in [2.75, 3.05) is 19.6 Å². The van der Waals surface area contributed by atoms with E-state index in [-0.39, 0.29) is 11.8 Å². The van der Waals surface area contributed by atoms with Gasteiger partial charge in [0.15, 0.2) is 0 Å². The smallest absolute Gasteiger partial charge is 0.224 e.